The fourth-order valence-electron chi connectivity index (χ4n) is 2.72. The molecule has 1 atom stereocenters. The summed E-state index contributed by atoms with van der Waals surface area (Å²) in [7, 11) is 1.67. The first-order valence-corrected chi connectivity index (χ1v) is 8.26. The van der Waals surface area contributed by atoms with Gasteiger partial charge in [-0.3, -0.25) is 4.90 Å². The Kier molecular flexibility index (Phi) is 4.98. The highest BCUT2D eigenvalue weighted by atomic mass is 79.9. The van der Waals surface area contributed by atoms with E-state index in [0.29, 0.717) is 6.54 Å². The van der Waals surface area contributed by atoms with Crippen molar-refractivity contribution in [2.75, 3.05) is 18.6 Å². The number of benzene rings is 2. The lowest BCUT2D eigenvalue weighted by Crippen LogP contribution is -2.43. The predicted molar refractivity (Wildman–Crippen MR) is 92.6 cm³/mol. The number of carbonyl (C=O) groups is 1. The van der Waals surface area contributed by atoms with Crippen LogP contribution >= 0.6 is 15.9 Å². The van der Waals surface area contributed by atoms with Crippen LogP contribution in [0.4, 0.5) is 10.5 Å². The molecule has 0 N–H and O–H groups in total. The molecule has 4 nitrogen and oxygen atoms in total. The summed E-state index contributed by atoms with van der Waals surface area (Å²) in [6.07, 6.45) is 0.411. The maximum absolute atomic E-state index is 12.5. The molecule has 2 aromatic carbocycles. The van der Waals surface area contributed by atoms with E-state index >= 15 is 0 Å². The Morgan fingerprint density at radius 3 is 2.78 bits per heavy atom. The molecule has 1 amide bonds. The van der Waals surface area contributed by atoms with Gasteiger partial charge in [0.1, 0.15) is 6.61 Å². The standard InChI is InChI=1S/C18H18BrNO3/c1-22-16-10-14-9-15(19)7-8-17(14)20(11-16)18(21)23-12-13-5-3-2-4-6-13/h2-9,16H,10-12H2,1H3. The molecular weight excluding hydrogens is 358 g/mol. The smallest absolute Gasteiger partial charge is 0.414 e. The number of nitrogens with zero attached hydrogens (tertiary/aromatic N) is 1. The van der Waals surface area contributed by atoms with Gasteiger partial charge >= 0.3 is 6.09 Å². The van der Waals surface area contributed by atoms with Gasteiger partial charge in [0, 0.05) is 18.0 Å². The first kappa shape index (κ1) is 16.0. The summed E-state index contributed by atoms with van der Waals surface area (Å²) in [6, 6.07) is 15.6. The molecule has 0 saturated carbocycles. The average Bonchev–Trinajstić information content (AvgIpc) is 2.59. The Hall–Kier alpha value is -1.85. The van der Waals surface area contributed by atoms with E-state index in [-0.39, 0.29) is 18.8 Å². The van der Waals surface area contributed by atoms with Crippen LogP contribution in [0, 0.1) is 0 Å². The molecule has 0 saturated heterocycles. The molecule has 0 aliphatic carbocycles. The number of hydrogen-bond acceptors (Lipinski definition) is 3. The SMILES string of the molecule is COC1Cc2cc(Br)ccc2N(C(=O)OCc2ccccc2)C1. The molecule has 0 fully saturated rings. The summed E-state index contributed by atoms with van der Waals surface area (Å²) in [5.74, 6) is 0. The first-order chi connectivity index (χ1) is 11.2. The van der Waals surface area contributed by atoms with Crippen LogP contribution in [0.15, 0.2) is 53.0 Å². The molecule has 3 rings (SSSR count). The summed E-state index contributed by atoms with van der Waals surface area (Å²) in [5.41, 5.74) is 2.94. The molecule has 23 heavy (non-hydrogen) atoms. The van der Waals surface area contributed by atoms with Crippen molar-refractivity contribution in [3.05, 3.63) is 64.1 Å². The van der Waals surface area contributed by atoms with Gasteiger partial charge in [-0.15, -0.1) is 0 Å². The molecule has 1 aliphatic heterocycles. The van der Waals surface area contributed by atoms with E-state index < -0.39 is 0 Å². The van der Waals surface area contributed by atoms with Gasteiger partial charge in [0.05, 0.1) is 18.3 Å². The molecule has 5 heteroatoms. The average molecular weight is 376 g/mol. The van der Waals surface area contributed by atoms with Crippen molar-refractivity contribution >= 4 is 27.7 Å². The first-order valence-electron chi connectivity index (χ1n) is 7.47. The minimum absolute atomic E-state index is 0.0268. The van der Waals surface area contributed by atoms with Gasteiger partial charge in [-0.05, 0) is 29.3 Å². The number of halogens is 1. The monoisotopic (exact) mass is 375 g/mol. The molecule has 1 unspecified atom stereocenters. The molecular formula is C18H18BrNO3. The summed E-state index contributed by atoms with van der Waals surface area (Å²) >= 11 is 3.48. The van der Waals surface area contributed by atoms with Crippen molar-refractivity contribution < 1.29 is 14.3 Å². The Balaban J connectivity index is 1.77. The minimum Gasteiger partial charge on any atom is -0.444 e. The third kappa shape index (κ3) is 3.74. The van der Waals surface area contributed by atoms with Gasteiger partial charge in [0.15, 0.2) is 0 Å². The van der Waals surface area contributed by atoms with Crippen LogP contribution < -0.4 is 4.90 Å². The molecule has 1 aliphatic rings. The van der Waals surface area contributed by atoms with E-state index in [1.54, 1.807) is 12.0 Å². The largest absolute Gasteiger partial charge is 0.444 e. The van der Waals surface area contributed by atoms with E-state index in [0.717, 1.165) is 27.7 Å². The zero-order chi connectivity index (χ0) is 16.2. The highest BCUT2D eigenvalue weighted by molar-refractivity contribution is 9.10. The number of anilines is 1. The fourth-order valence-corrected chi connectivity index (χ4v) is 3.13. The van der Waals surface area contributed by atoms with Gasteiger partial charge in [-0.25, -0.2) is 4.79 Å². The number of carbonyl (C=O) groups excluding carboxylic acids is 1. The fraction of sp³-hybridized carbons (Fsp3) is 0.278. The van der Waals surface area contributed by atoms with Crippen molar-refractivity contribution in [2.24, 2.45) is 0 Å². The van der Waals surface area contributed by atoms with Crippen molar-refractivity contribution in [1.82, 2.24) is 0 Å². The highest BCUT2D eigenvalue weighted by Gasteiger charge is 2.29. The lowest BCUT2D eigenvalue weighted by molar-refractivity contribution is 0.0974. The van der Waals surface area contributed by atoms with Crippen LogP contribution in [0.2, 0.25) is 0 Å². The van der Waals surface area contributed by atoms with E-state index in [4.69, 9.17) is 9.47 Å². The van der Waals surface area contributed by atoms with Gasteiger partial charge < -0.3 is 9.47 Å². The third-order valence-corrected chi connectivity index (χ3v) is 4.42. The Morgan fingerprint density at radius 1 is 1.26 bits per heavy atom. The number of amides is 1. The van der Waals surface area contributed by atoms with E-state index in [2.05, 4.69) is 15.9 Å². The minimum atomic E-state index is -0.348. The van der Waals surface area contributed by atoms with Crippen molar-refractivity contribution in [3.63, 3.8) is 0 Å². The van der Waals surface area contributed by atoms with E-state index in [9.17, 15) is 4.79 Å². The molecule has 0 spiro atoms. The Labute approximate surface area is 144 Å². The second kappa shape index (κ2) is 7.15. The maximum Gasteiger partial charge on any atom is 0.414 e. The van der Waals surface area contributed by atoms with Gasteiger partial charge in [0.2, 0.25) is 0 Å². The van der Waals surface area contributed by atoms with Gasteiger partial charge in [-0.1, -0.05) is 46.3 Å². The predicted octanol–water partition coefficient (Wildman–Crippen LogP) is 4.16. The molecule has 0 bridgehead atoms. The highest BCUT2D eigenvalue weighted by Crippen LogP contribution is 2.31. The summed E-state index contributed by atoms with van der Waals surface area (Å²) in [6.45, 7) is 0.762. The number of hydrogen-bond donors (Lipinski definition) is 0. The number of ether oxygens (including phenoxy) is 2. The molecule has 2 aromatic rings. The number of rotatable bonds is 3. The lowest BCUT2D eigenvalue weighted by atomic mass is 10.00. The van der Waals surface area contributed by atoms with Gasteiger partial charge in [0.25, 0.3) is 0 Å². The molecule has 1 heterocycles. The molecule has 0 radical (unpaired) electrons. The van der Waals surface area contributed by atoms with Crippen LogP contribution in [0.1, 0.15) is 11.1 Å². The van der Waals surface area contributed by atoms with E-state index in [1.807, 2.05) is 48.5 Å². The zero-order valence-corrected chi connectivity index (χ0v) is 14.5. The molecule has 0 aromatic heterocycles. The second-order valence-electron chi connectivity index (χ2n) is 5.49. The summed E-state index contributed by atoms with van der Waals surface area (Å²) in [4.78, 5) is 14.2. The number of fused-ring (bicyclic) bond motifs is 1. The van der Waals surface area contributed by atoms with Crippen LogP contribution in [-0.2, 0) is 22.5 Å². The quantitative estimate of drug-likeness (QED) is 0.808. The Morgan fingerprint density at radius 2 is 2.04 bits per heavy atom. The van der Waals surface area contributed by atoms with Crippen molar-refractivity contribution in [1.29, 1.82) is 0 Å². The summed E-state index contributed by atoms with van der Waals surface area (Å²) in [5, 5.41) is 0. The zero-order valence-electron chi connectivity index (χ0n) is 12.9. The van der Waals surface area contributed by atoms with Crippen LogP contribution in [0.5, 0.6) is 0 Å². The number of methoxy groups -OCH3 is 1. The van der Waals surface area contributed by atoms with Crippen molar-refractivity contribution in [3.8, 4) is 0 Å². The second-order valence-corrected chi connectivity index (χ2v) is 6.40. The van der Waals surface area contributed by atoms with Crippen LogP contribution in [0.25, 0.3) is 0 Å². The Bertz CT molecular complexity index is 690. The van der Waals surface area contributed by atoms with Crippen LogP contribution in [0.3, 0.4) is 0 Å². The lowest BCUT2D eigenvalue weighted by Gasteiger charge is -2.33. The molecule has 120 valence electrons. The normalized spacial score (nSPS) is 16.8. The topological polar surface area (TPSA) is 38.8 Å². The third-order valence-electron chi connectivity index (χ3n) is 3.92. The summed E-state index contributed by atoms with van der Waals surface area (Å²) < 4.78 is 11.9. The maximum atomic E-state index is 12.5. The van der Waals surface area contributed by atoms with Gasteiger partial charge in [-0.2, -0.15) is 0 Å². The van der Waals surface area contributed by atoms with E-state index in [1.165, 1.54) is 0 Å². The van der Waals surface area contributed by atoms with Crippen LogP contribution in [-0.4, -0.2) is 25.9 Å². The van der Waals surface area contributed by atoms with Crippen molar-refractivity contribution in [2.45, 2.75) is 19.1 Å².